The van der Waals surface area contributed by atoms with Crippen LogP contribution in [0.25, 0.3) is 44.4 Å². The van der Waals surface area contributed by atoms with Gasteiger partial charge in [-0.25, -0.2) is 4.98 Å². The highest BCUT2D eigenvalue weighted by Crippen LogP contribution is 2.42. The van der Waals surface area contributed by atoms with E-state index in [2.05, 4.69) is 30.9 Å². The lowest BCUT2D eigenvalue weighted by molar-refractivity contribution is -0.135. The lowest BCUT2D eigenvalue weighted by Crippen LogP contribution is -2.37. The Morgan fingerprint density at radius 2 is 1.65 bits per heavy atom. The number of nitrogens with one attached hydrogen (secondary N) is 4. The Hall–Kier alpha value is -6.49. The van der Waals surface area contributed by atoms with Crippen molar-refractivity contribution >= 4 is 63.6 Å². The van der Waals surface area contributed by atoms with Crippen molar-refractivity contribution in [2.45, 2.75) is 58.5 Å². The SMILES string of the molecule is CCc1c(-c2ccc(C(=O)NCCC(=O)NCCCCC(=O)NCCn3ccc(-c4cc(Cl)c(Cl)c5[nH]c6c(c45)CN(C(=O)CO)CC6)n3)nc2)cnc(N)c1-c1ccc(O)cc1. The molecule has 16 nitrogen and oxygen atoms in total. The van der Waals surface area contributed by atoms with Crippen LogP contribution in [0.5, 0.6) is 5.75 Å². The highest BCUT2D eigenvalue weighted by molar-refractivity contribution is 6.45. The van der Waals surface area contributed by atoms with E-state index in [4.69, 9.17) is 34.0 Å². The number of benzene rings is 2. The van der Waals surface area contributed by atoms with Gasteiger partial charge in [0.1, 0.15) is 23.9 Å². The third kappa shape index (κ3) is 10.3. The topological polar surface area (TPSA) is 233 Å². The fourth-order valence-corrected chi connectivity index (χ4v) is 8.21. The van der Waals surface area contributed by atoms with Crippen LogP contribution in [-0.2, 0) is 40.3 Å². The molecule has 0 unspecified atom stereocenters. The normalized spacial score (nSPS) is 12.3. The smallest absolute Gasteiger partial charge is 0.269 e. The molecule has 1 aliphatic rings. The van der Waals surface area contributed by atoms with Gasteiger partial charge in [-0.1, -0.05) is 48.3 Å². The summed E-state index contributed by atoms with van der Waals surface area (Å²) in [5.41, 5.74) is 14.6. The van der Waals surface area contributed by atoms with Gasteiger partial charge in [-0.3, -0.25) is 28.8 Å². The average Bonchev–Trinajstić information content (AvgIpc) is 3.92. The number of aromatic hydroxyl groups is 1. The van der Waals surface area contributed by atoms with Gasteiger partial charge in [-0.15, -0.1) is 0 Å². The monoisotopic (exact) mass is 894 g/mol. The third-order valence-electron chi connectivity index (χ3n) is 11.0. The van der Waals surface area contributed by atoms with Gasteiger partial charge in [0.25, 0.3) is 5.91 Å². The van der Waals surface area contributed by atoms with Gasteiger partial charge < -0.3 is 41.8 Å². The first kappa shape index (κ1) is 44.6. The highest BCUT2D eigenvalue weighted by Gasteiger charge is 2.27. The molecule has 18 heteroatoms. The lowest BCUT2D eigenvalue weighted by Gasteiger charge is -2.26. The quantitative estimate of drug-likeness (QED) is 0.0575. The van der Waals surface area contributed by atoms with Gasteiger partial charge in [-0.2, -0.15) is 5.10 Å². The molecule has 0 saturated heterocycles. The van der Waals surface area contributed by atoms with Crippen LogP contribution < -0.4 is 21.7 Å². The van der Waals surface area contributed by atoms with Gasteiger partial charge in [0.15, 0.2) is 0 Å². The molecule has 63 heavy (non-hydrogen) atoms. The minimum atomic E-state index is -0.558. The molecule has 8 N–H and O–H groups in total. The van der Waals surface area contributed by atoms with E-state index in [0.29, 0.717) is 91.9 Å². The largest absolute Gasteiger partial charge is 0.508 e. The van der Waals surface area contributed by atoms with Crippen LogP contribution in [0.2, 0.25) is 10.0 Å². The van der Waals surface area contributed by atoms with Gasteiger partial charge in [0, 0.05) is 109 Å². The van der Waals surface area contributed by atoms with E-state index in [1.54, 1.807) is 64.4 Å². The van der Waals surface area contributed by atoms with Crippen LogP contribution in [0.15, 0.2) is 67.1 Å². The summed E-state index contributed by atoms with van der Waals surface area (Å²) in [6.45, 7) is 3.59. The average molecular weight is 896 g/mol. The molecule has 7 rings (SSSR count). The van der Waals surface area contributed by atoms with E-state index in [-0.39, 0.29) is 42.1 Å². The van der Waals surface area contributed by atoms with Crippen LogP contribution in [0, 0.1) is 0 Å². The molecular formula is C45H48Cl2N10O6. The number of unbranched alkanes of at least 4 members (excludes halogenated alkanes) is 1. The molecule has 0 spiro atoms. The summed E-state index contributed by atoms with van der Waals surface area (Å²) in [6.07, 6.45) is 7.94. The molecule has 4 amide bonds. The second kappa shape index (κ2) is 20.1. The third-order valence-corrected chi connectivity index (χ3v) is 11.8. The zero-order chi connectivity index (χ0) is 44.6. The molecule has 328 valence electrons. The fraction of sp³-hybridized carbons (Fsp3) is 0.311. The Morgan fingerprint density at radius 1 is 0.889 bits per heavy atom. The zero-order valence-electron chi connectivity index (χ0n) is 34.6. The number of phenols is 1. The van der Waals surface area contributed by atoms with Crippen molar-refractivity contribution in [2.24, 2.45) is 0 Å². The minimum Gasteiger partial charge on any atom is -0.508 e. The number of aromatic amines is 1. The van der Waals surface area contributed by atoms with Crippen molar-refractivity contribution in [1.82, 2.24) is 45.6 Å². The number of rotatable bonds is 17. The van der Waals surface area contributed by atoms with Crippen LogP contribution in [-0.4, -0.2) is 96.3 Å². The number of nitrogens with zero attached hydrogens (tertiary/aromatic N) is 5. The molecule has 1 aliphatic heterocycles. The number of halogens is 2. The maximum atomic E-state index is 12.8. The van der Waals surface area contributed by atoms with E-state index in [9.17, 15) is 29.4 Å². The number of nitrogen functional groups attached to an aromatic ring is 1. The molecule has 0 saturated carbocycles. The number of hydrogen-bond acceptors (Lipinski definition) is 10. The summed E-state index contributed by atoms with van der Waals surface area (Å²) < 4.78 is 1.73. The predicted octanol–water partition coefficient (Wildman–Crippen LogP) is 5.41. The van der Waals surface area contributed by atoms with Crippen LogP contribution in [0.1, 0.15) is 59.9 Å². The number of nitrogens with two attached hydrogens (primary N) is 1. The predicted molar refractivity (Wildman–Crippen MR) is 241 cm³/mol. The number of carbonyl (C=O) groups excluding carboxylic acids is 4. The number of fused-ring (bicyclic) bond motifs is 3. The summed E-state index contributed by atoms with van der Waals surface area (Å²) in [7, 11) is 0. The maximum Gasteiger partial charge on any atom is 0.269 e. The van der Waals surface area contributed by atoms with E-state index in [1.807, 2.05) is 19.2 Å². The molecule has 0 aliphatic carbocycles. The Kier molecular flexibility index (Phi) is 14.2. The van der Waals surface area contributed by atoms with E-state index >= 15 is 0 Å². The summed E-state index contributed by atoms with van der Waals surface area (Å²) >= 11 is 13.1. The summed E-state index contributed by atoms with van der Waals surface area (Å²) in [6, 6.07) is 13.8. The summed E-state index contributed by atoms with van der Waals surface area (Å²) in [5.74, 6) is -0.541. The first-order valence-electron chi connectivity index (χ1n) is 20.7. The standard InChI is InChI=1S/C45H48Cl2N10O6/c1-2-29-31(23-53-44(48)40(29)26-6-9-28(59)10-7-26)27-8-11-36(52-22-27)45(63)51-16-12-38(61)49-15-4-3-5-37(60)50-17-20-57-19-14-35(55-57)30-21-33(46)42(47)43-41(30)32-24-56(39(62)25-58)18-13-34(32)54-43/h6-11,14,19,21-23,54,58-59H,2-5,12-13,15-18,20,24-25H2,1H3,(H2,48,53)(H,49,61)(H,50,60)(H,51,63). The zero-order valence-corrected chi connectivity index (χ0v) is 36.2. The molecular weight excluding hydrogens is 847 g/mol. The van der Waals surface area contributed by atoms with Gasteiger partial charge in [0.05, 0.1) is 27.8 Å². The molecule has 0 fully saturated rings. The first-order chi connectivity index (χ1) is 30.4. The highest BCUT2D eigenvalue weighted by atomic mass is 35.5. The van der Waals surface area contributed by atoms with Crippen molar-refractivity contribution in [3.8, 4) is 39.3 Å². The van der Waals surface area contributed by atoms with Gasteiger partial charge in [0.2, 0.25) is 17.7 Å². The summed E-state index contributed by atoms with van der Waals surface area (Å²) in [4.78, 5) is 63.8. The van der Waals surface area contributed by atoms with E-state index < -0.39 is 12.5 Å². The maximum absolute atomic E-state index is 12.8. The van der Waals surface area contributed by atoms with Crippen molar-refractivity contribution in [1.29, 1.82) is 0 Å². The second-order valence-electron chi connectivity index (χ2n) is 15.1. The number of aromatic nitrogens is 5. The molecule has 0 bridgehead atoms. The molecule has 6 aromatic rings. The molecule has 0 atom stereocenters. The number of anilines is 1. The van der Waals surface area contributed by atoms with Crippen LogP contribution in [0.3, 0.4) is 0 Å². The summed E-state index contributed by atoms with van der Waals surface area (Å²) in [5, 5.41) is 34.0. The van der Waals surface area contributed by atoms with Crippen LogP contribution >= 0.6 is 23.2 Å². The number of phenolic OH excluding ortho intramolecular Hbond substituents is 1. The number of H-pyrrole nitrogens is 1. The van der Waals surface area contributed by atoms with Crippen molar-refractivity contribution < 1.29 is 29.4 Å². The van der Waals surface area contributed by atoms with Crippen molar-refractivity contribution in [3.63, 3.8) is 0 Å². The first-order valence-corrected chi connectivity index (χ1v) is 21.5. The number of aliphatic hydroxyl groups is 1. The Bertz CT molecular complexity index is 2650. The fourth-order valence-electron chi connectivity index (χ4n) is 7.81. The van der Waals surface area contributed by atoms with E-state index in [0.717, 1.165) is 50.0 Å². The number of pyridine rings is 2. The molecule has 5 heterocycles. The minimum absolute atomic E-state index is 0.0873. The Labute approximate surface area is 373 Å². The Balaban J connectivity index is 0.806. The molecule has 4 aromatic heterocycles. The number of amides is 4. The van der Waals surface area contributed by atoms with Crippen LogP contribution in [0.4, 0.5) is 5.82 Å². The lowest BCUT2D eigenvalue weighted by atomic mass is 9.92. The van der Waals surface area contributed by atoms with Gasteiger partial charge in [-0.05, 0) is 60.7 Å². The molecule has 0 radical (unpaired) electrons. The number of hydrogen-bond donors (Lipinski definition) is 7. The Morgan fingerprint density at radius 3 is 2.40 bits per heavy atom. The second-order valence-corrected chi connectivity index (χ2v) is 15.9. The number of carbonyl (C=O) groups is 4. The molecule has 2 aromatic carbocycles. The van der Waals surface area contributed by atoms with Crippen molar-refractivity contribution in [3.05, 3.63) is 99.7 Å². The van der Waals surface area contributed by atoms with Crippen molar-refractivity contribution in [2.75, 3.05) is 38.5 Å². The number of aliphatic hydroxyl groups excluding tert-OH is 1. The van der Waals surface area contributed by atoms with Gasteiger partial charge >= 0.3 is 0 Å². The van der Waals surface area contributed by atoms with E-state index in [1.165, 1.54) is 0 Å².